The van der Waals surface area contributed by atoms with Crippen LogP contribution in [0.5, 0.6) is 0 Å². The molecule has 3 aromatic rings. The summed E-state index contributed by atoms with van der Waals surface area (Å²) in [5.74, 6) is -1.35. The lowest BCUT2D eigenvalue weighted by molar-refractivity contribution is -0.124. The molecule has 28 heavy (non-hydrogen) atoms. The predicted molar refractivity (Wildman–Crippen MR) is 108 cm³/mol. The van der Waals surface area contributed by atoms with Crippen LogP contribution in [-0.4, -0.2) is 30.8 Å². The second-order valence-corrected chi connectivity index (χ2v) is 7.03. The zero-order chi connectivity index (χ0) is 19.8. The molecular weight excluding hydrogens is 374 g/mol. The first-order valence-electron chi connectivity index (χ1n) is 8.80. The van der Waals surface area contributed by atoms with Crippen molar-refractivity contribution in [2.24, 2.45) is 0 Å². The van der Waals surface area contributed by atoms with Crippen LogP contribution < -0.4 is 5.32 Å². The zero-order valence-corrected chi connectivity index (χ0v) is 15.9. The lowest BCUT2D eigenvalue weighted by Crippen LogP contribution is -2.30. The summed E-state index contributed by atoms with van der Waals surface area (Å²) >= 11 is 1.62. The summed E-state index contributed by atoms with van der Waals surface area (Å²) in [7, 11) is 0. The van der Waals surface area contributed by atoms with E-state index < -0.39 is 12.6 Å². The van der Waals surface area contributed by atoms with Gasteiger partial charge in [0.25, 0.3) is 5.91 Å². The average molecular weight is 393 g/mol. The van der Waals surface area contributed by atoms with Crippen LogP contribution in [0.2, 0.25) is 0 Å². The number of hydrogen-bond acceptors (Lipinski definition) is 5. The zero-order valence-electron chi connectivity index (χ0n) is 15.1. The number of hydrogen-bond donors (Lipinski definition) is 1. The molecule has 1 aromatic heterocycles. The summed E-state index contributed by atoms with van der Waals surface area (Å²) in [6.45, 7) is 0.0805. The first-order valence-corrected chi connectivity index (χ1v) is 9.68. The summed E-state index contributed by atoms with van der Waals surface area (Å²) in [6.07, 6.45) is 0.728. The first-order chi connectivity index (χ1) is 13.6. The van der Waals surface area contributed by atoms with Crippen molar-refractivity contribution in [3.63, 3.8) is 0 Å². The van der Waals surface area contributed by atoms with Gasteiger partial charge in [-0.05, 0) is 23.9 Å². The summed E-state index contributed by atoms with van der Waals surface area (Å²) in [5.41, 5.74) is 0.869. The molecule has 0 saturated carbocycles. The van der Waals surface area contributed by atoms with Gasteiger partial charge >= 0.3 is 5.97 Å². The molecule has 0 saturated heterocycles. The molecule has 1 N–H and O–H groups in total. The van der Waals surface area contributed by atoms with Crippen molar-refractivity contribution < 1.29 is 19.1 Å². The van der Waals surface area contributed by atoms with Gasteiger partial charge in [-0.3, -0.25) is 9.59 Å². The molecule has 0 radical (unpaired) electrons. The van der Waals surface area contributed by atoms with Crippen LogP contribution in [0.25, 0.3) is 0 Å². The number of thiophene rings is 1. The Hall–Kier alpha value is -3.25. The minimum absolute atomic E-state index is 0.141. The second-order valence-electron chi connectivity index (χ2n) is 6.00. The van der Waals surface area contributed by atoms with E-state index in [0.29, 0.717) is 12.1 Å². The Kier molecular flexibility index (Phi) is 6.70. The summed E-state index contributed by atoms with van der Waals surface area (Å²) in [4.78, 5) is 38.2. The molecule has 5 nitrogen and oxygen atoms in total. The smallest absolute Gasteiger partial charge is 0.339 e. The molecule has 0 fully saturated rings. The van der Waals surface area contributed by atoms with Crippen molar-refractivity contribution >= 4 is 29.0 Å². The molecule has 0 aliphatic rings. The van der Waals surface area contributed by atoms with Gasteiger partial charge in [-0.1, -0.05) is 54.6 Å². The second kappa shape index (κ2) is 9.62. The van der Waals surface area contributed by atoms with Gasteiger partial charge in [-0.2, -0.15) is 0 Å². The predicted octanol–water partition coefficient (Wildman–Crippen LogP) is 3.49. The average Bonchev–Trinajstić information content (AvgIpc) is 3.25. The third-order valence-corrected chi connectivity index (χ3v) is 4.97. The highest BCUT2D eigenvalue weighted by Crippen LogP contribution is 2.16. The summed E-state index contributed by atoms with van der Waals surface area (Å²) < 4.78 is 5.10. The highest BCUT2D eigenvalue weighted by Gasteiger charge is 2.19. The number of esters is 1. The molecule has 0 aliphatic carbocycles. The van der Waals surface area contributed by atoms with Gasteiger partial charge in [0.1, 0.15) is 0 Å². The SMILES string of the molecule is O=C(COC(=O)c1ccccc1C(=O)c1ccccc1)NCCc1cccs1. The van der Waals surface area contributed by atoms with E-state index in [4.69, 9.17) is 4.74 Å². The van der Waals surface area contributed by atoms with Crippen LogP contribution in [0.3, 0.4) is 0 Å². The number of benzene rings is 2. The summed E-state index contributed by atoms with van der Waals surface area (Å²) in [5, 5.41) is 4.69. The van der Waals surface area contributed by atoms with E-state index in [1.54, 1.807) is 53.8 Å². The Labute approximate surface area is 167 Å². The number of amides is 1. The minimum atomic E-state index is -0.701. The maximum atomic E-state index is 12.7. The van der Waals surface area contributed by atoms with Crippen LogP contribution in [0.1, 0.15) is 31.2 Å². The van der Waals surface area contributed by atoms with Gasteiger partial charge in [-0.15, -0.1) is 11.3 Å². The van der Waals surface area contributed by atoms with Crippen LogP contribution >= 0.6 is 11.3 Å². The molecule has 0 bridgehead atoms. The quantitative estimate of drug-likeness (QED) is 0.470. The van der Waals surface area contributed by atoms with Crippen LogP contribution in [-0.2, 0) is 16.0 Å². The standard InChI is InChI=1S/C22H19NO4S/c24-20(23-13-12-17-9-6-14-28-17)15-27-22(26)19-11-5-4-10-18(19)21(25)16-7-2-1-3-8-16/h1-11,14H,12-13,15H2,(H,23,24). The van der Waals surface area contributed by atoms with Gasteiger partial charge in [0, 0.05) is 22.5 Å². The van der Waals surface area contributed by atoms with Gasteiger partial charge in [-0.25, -0.2) is 4.79 Å². The number of nitrogens with one attached hydrogen (secondary N) is 1. The van der Waals surface area contributed by atoms with E-state index in [-0.39, 0.29) is 22.8 Å². The topological polar surface area (TPSA) is 72.5 Å². The monoisotopic (exact) mass is 393 g/mol. The molecule has 2 aromatic carbocycles. The van der Waals surface area contributed by atoms with E-state index in [0.717, 1.165) is 6.42 Å². The molecule has 6 heteroatoms. The van der Waals surface area contributed by atoms with Crippen molar-refractivity contribution in [2.45, 2.75) is 6.42 Å². The van der Waals surface area contributed by atoms with Crippen LogP contribution in [0, 0.1) is 0 Å². The Morgan fingerprint density at radius 2 is 1.57 bits per heavy atom. The van der Waals surface area contributed by atoms with Crippen LogP contribution in [0.4, 0.5) is 0 Å². The summed E-state index contributed by atoms with van der Waals surface area (Å²) in [6, 6.07) is 19.1. The Balaban J connectivity index is 1.57. The van der Waals surface area contributed by atoms with Gasteiger partial charge in [0.15, 0.2) is 12.4 Å². The van der Waals surface area contributed by atoms with Crippen molar-refractivity contribution in [1.29, 1.82) is 0 Å². The highest BCUT2D eigenvalue weighted by atomic mass is 32.1. The highest BCUT2D eigenvalue weighted by molar-refractivity contribution is 7.09. The van der Waals surface area contributed by atoms with E-state index >= 15 is 0 Å². The lowest BCUT2D eigenvalue weighted by Gasteiger charge is -2.09. The molecule has 1 amide bonds. The lowest BCUT2D eigenvalue weighted by atomic mass is 9.98. The van der Waals surface area contributed by atoms with E-state index in [9.17, 15) is 14.4 Å². The molecule has 142 valence electrons. The van der Waals surface area contributed by atoms with Crippen molar-refractivity contribution in [3.8, 4) is 0 Å². The maximum absolute atomic E-state index is 12.7. The van der Waals surface area contributed by atoms with Gasteiger partial charge < -0.3 is 10.1 Å². The largest absolute Gasteiger partial charge is 0.452 e. The third-order valence-electron chi connectivity index (χ3n) is 4.04. The van der Waals surface area contributed by atoms with Gasteiger partial charge in [0.05, 0.1) is 5.56 Å². The van der Waals surface area contributed by atoms with Gasteiger partial charge in [0.2, 0.25) is 0 Å². The molecular formula is C22H19NO4S. The fourth-order valence-corrected chi connectivity index (χ4v) is 3.35. The van der Waals surface area contributed by atoms with Crippen molar-refractivity contribution in [3.05, 3.63) is 93.7 Å². The molecule has 3 rings (SSSR count). The number of ketones is 1. The molecule has 0 atom stereocenters. The Morgan fingerprint density at radius 3 is 2.29 bits per heavy atom. The molecule has 0 unspecified atom stereocenters. The fourth-order valence-electron chi connectivity index (χ4n) is 2.64. The van der Waals surface area contributed by atoms with E-state index in [1.165, 1.54) is 10.9 Å². The van der Waals surface area contributed by atoms with Crippen molar-refractivity contribution in [2.75, 3.05) is 13.2 Å². The Morgan fingerprint density at radius 1 is 0.857 bits per heavy atom. The first kappa shape index (κ1) is 19.5. The molecule has 0 aliphatic heterocycles. The molecule has 1 heterocycles. The number of carbonyl (C=O) groups excluding carboxylic acids is 3. The Bertz CT molecular complexity index is 952. The molecule has 0 spiro atoms. The number of carbonyl (C=O) groups is 3. The maximum Gasteiger partial charge on any atom is 0.339 e. The number of ether oxygens (including phenoxy) is 1. The number of rotatable bonds is 8. The van der Waals surface area contributed by atoms with E-state index in [2.05, 4.69) is 5.32 Å². The fraction of sp³-hybridized carbons (Fsp3) is 0.136. The van der Waals surface area contributed by atoms with Crippen LogP contribution in [0.15, 0.2) is 72.1 Å². The van der Waals surface area contributed by atoms with Crippen molar-refractivity contribution in [1.82, 2.24) is 5.32 Å². The van der Waals surface area contributed by atoms with E-state index in [1.807, 2.05) is 23.6 Å². The normalized spacial score (nSPS) is 10.3. The minimum Gasteiger partial charge on any atom is -0.452 e. The third kappa shape index (κ3) is 5.14.